The summed E-state index contributed by atoms with van der Waals surface area (Å²) in [5.41, 5.74) is 2.08. The van der Waals surface area contributed by atoms with Gasteiger partial charge in [-0.05, 0) is 29.3 Å². The summed E-state index contributed by atoms with van der Waals surface area (Å²) in [6.45, 7) is 2.95. The van der Waals surface area contributed by atoms with Gasteiger partial charge in [-0.15, -0.1) is 0 Å². The Morgan fingerprint density at radius 1 is 1.30 bits per heavy atom. The number of hydrogen-bond acceptors (Lipinski definition) is 2. The molecule has 0 aliphatic heterocycles. The number of benzene rings is 1. The number of hydrogen-bond donors (Lipinski definition) is 1. The van der Waals surface area contributed by atoms with Crippen LogP contribution in [-0.2, 0) is 17.8 Å². The monoisotopic (exact) mass is 296 g/mol. The number of nitrogens with one attached hydrogen (secondary N) is 1. The Bertz CT molecular complexity index is 557. The third kappa shape index (κ3) is 4.34. The Labute approximate surface area is 123 Å². The molecule has 0 atom stereocenters. The zero-order chi connectivity index (χ0) is 14.4. The predicted molar refractivity (Wildman–Crippen MR) is 78.5 cm³/mol. The lowest BCUT2D eigenvalue weighted by molar-refractivity contribution is 0.199. The molecule has 0 bridgehead atoms. The first-order valence-corrected chi connectivity index (χ1v) is 6.85. The second kappa shape index (κ2) is 7.43. The standard InChI is InChI=1S/C15H18ClFN2O/c1-20-7-5-18-9-13-4-6-19(11-13)10-12-2-3-14(16)15(17)8-12/h2-4,6,8,11,18H,5,7,9-10H2,1H3. The Morgan fingerprint density at radius 3 is 2.90 bits per heavy atom. The molecule has 0 fully saturated rings. The van der Waals surface area contributed by atoms with E-state index in [0.717, 1.165) is 18.7 Å². The molecule has 1 heterocycles. The van der Waals surface area contributed by atoms with Gasteiger partial charge < -0.3 is 14.6 Å². The smallest absolute Gasteiger partial charge is 0.142 e. The van der Waals surface area contributed by atoms with Gasteiger partial charge in [-0.1, -0.05) is 17.7 Å². The average molecular weight is 297 g/mol. The average Bonchev–Trinajstić information content (AvgIpc) is 2.87. The van der Waals surface area contributed by atoms with E-state index in [2.05, 4.69) is 5.32 Å². The molecule has 1 aromatic carbocycles. The molecule has 0 aliphatic carbocycles. The summed E-state index contributed by atoms with van der Waals surface area (Å²) in [5, 5.41) is 3.44. The largest absolute Gasteiger partial charge is 0.383 e. The highest BCUT2D eigenvalue weighted by Crippen LogP contribution is 2.16. The highest BCUT2D eigenvalue weighted by Gasteiger charge is 2.02. The van der Waals surface area contributed by atoms with Gasteiger partial charge in [0.1, 0.15) is 5.82 Å². The molecule has 0 aliphatic rings. The topological polar surface area (TPSA) is 26.2 Å². The molecule has 0 unspecified atom stereocenters. The van der Waals surface area contributed by atoms with E-state index < -0.39 is 0 Å². The summed E-state index contributed by atoms with van der Waals surface area (Å²) in [4.78, 5) is 0. The lowest BCUT2D eigenvalue weighted by Crippen LogP contribution is -2.18. The first-order chi connectivity index (χ1) is 9.69. The summed E-state index contributed by atoms with van der Waals surface area (Å²) in [7, 11) is 1.68. The Hall–Kier alpha value is -1.36. The van der Waals surface area contributed by atoms with Crippen molar-refractivity contribution in [2.45, 2.75) is 13.1 Å². The van der Waals surface area contributed by atoms with Crippen LogP contribution in [0.2, 0.25) is 5.02 Å². The van der Waals surface area contributed by atoms with E-state index in [-0.39, 0.29) is 10.8 Å². The minimum atomic E-state index is -0.377. The van der Waals surface area contributed by atoms with Crippen LogP contribution in [0.5, 0.6) is 0 Å². The molecule has 20 heavy (non-hydrogen) atoms. The fourth-order valence-electron chi connectivity index (χ4n) is 1.95. The first kappa shape index (κ1) is 15.0. The fraction of sp³-hybridized carbons (Fsp3) is 0.333. The van der Waals surface area contributed by atoms with Crippen LogP contribution in [-0.4, -0.2) is 24.8 Å². The van der Waals surface area contributed by atoms with E-state index in [1.165, 1.54) is 11.6 Å². The number of halogens is 2. The van der Waals surface area contributed by atoms with Crippen molar-refractivity contribution in [1.29, 1.82) is 0 Å². The van der Waals surface area contributed by atoms with Gasteiger partial charge in [0.2, 0.25) is 0 Å². The maximum atomic E-state index is 13.4. The van der Waals surface area contributed by atoms with Gasteiger partial charge in [-0.2, -0.15) is 0 Å². The number of nitrogens with zero attached hydrogens (tertiary/aromatic N) is 1. The quantitative estimate of drug-likeness (QED) is 0.795. The van der Waals surface area contributed by atoms with Gasteiger partial charge >= 0.3 is 0 Å². The van der Waals surface area contributed by atoms with E-state index in [1.807, 2.05) is 29.1 Å². The van der Waals surface area contributed by atoms with Crippen LogP contribution < -0.4 is 5.32 Å². The van der Waals surface area contributed by atoms with Gasteiger partial charge in [0, 0.05) is 39.1 Å². The minimum absolute atomic E-state index is 0.157. The van der Waals surface area contributed by atoms with E-state index >= 15 is 0 Å². The van der Waals surface area contributed by atoms with Crippen molar-refractivity contribution in [3.8, 4) is 0 Å². The first-order valence-electron chi connectivity index (χ1n) is 6.47. The van der Waals surface area contributed by atoms with Gasteiger partial charge in [-0.25, -0.2) is 4.39 Å². The molecule has 2 rings (SSSR count). The number of ether oxygens (including phenoxy) is 1. The lowest BCUT2D eigenvalue weighted by atomic mass is 10.2. The fourth-order valence-corrected chi connectivity index (χ4v) is 2.07. The summed E-state index contributed by atoms with van der Waals surface area (Å²) < 4.78 is 20.4. The van der Waals surface area contributed by atoms with Gasteiger partial charge in [0.15, 0.2) is 0 Å². The maximum Gasteiger partial charge on any atom is 0.142 e. The molecule has 2 aromatic rings. The summed E-state index contributed by atoms with van der Waals surface area (Å²) in [6, 6.07) is 6.94. The SMILES string of the molecule is COCCNCc1ccn(Cc2ccc(Cl)c(F)c2)c1. The van der Waals surface area contributed by atoms with Crippen molar-refractivity contribution >= 4 is 11.6 Å². The highest BCUT2D eigenvalue weighted by molar-refractivity contribution is 6.30. The summed E-state index contributed by atoms with van der Waals surface area (Å²) >= 11 is 5.67. The van der Waals surface area contributed by atoms with Crippen molar-refractivity contribution in [2.24, 2.45) is 0 Å². The van der Waals surface area contributed by atoms with E-state index in [0.29, 0.717) is 13.2 Å². The molecular formula is C15H18ClFN2O. The van der Waals surface area contributed by atoms with E-state index in [1.54, 1.807) is 13.2 Å². The second-order valence-electron chi connectivity index (χ2n) is 4.61. The van der Waals surface area contributed by atoms with Crippen molar-refractivity contribution < 1.29 is 9.13 Å². The van der Waals surface area contributed by atoms with Gasteiger partial charge in [0.05, 0.1) is 11.6 Å². The summed E-state index contributed by atoms with van der Waals surface area (Å²) in [5.74, 6) is -0.377. The third-order valence-electron chi connectivity index (χ3n) is 2.97. The normalized spacial score (nSPS) is 10.9. The van der Waals surface area contributed by atoms with E-state index in [9.17, 15) is 4.39 Å². The minimum Gasteiger partial charge on any atom is -0.383 e. The third-order valence-corrected chi connectivity index (χ3v) is 3.28. The predicted octanol–water partition coefficient (Wildman–Crippen LogP) is 3.06. The van der Waals surface area contributed by atoms with Crippen LogP contribution in [0.25, 0.3) is 0 Å². The maximum absolute atomic E-state index is 13.4. The van der Waals surface area contributed by atoms with Crippen LogP contribution in [0, 0.1) is 5.82 Å². The van der Waals surface area contributed by atoms with Crippen molar-refractivity contribution in [1.82, 2.24) is 9.88 Å². The molecule has 0 saturated carbocycles. The molecule has 5 heteroatoms. The van der Waals surface area contributed by atoms with E-state index in [4.69, 9.17) is 16.3 Å². The van der Waals surface area contributed by atoms with Crippen molar-refractivity contribution in [3.63, 3.8) is 0 Å². The van der Waals surface area contributed by atoms with Crippen LogP contribution in [0.4, 0.5) is 4.39 Å². The molecule has 1 aromatic heterocycles. The zero-order valence-corrected chi connectivity index (χ0v) is 12.2. The van der Waals surface area contributed by atoms with Crippen molar-refractivity contribution in [2.75, 3.05) is 20.3 Å². The second-order valence-corrected chi connectivity index (χ2v) is 5.02. The Morgan fingerprint density at radius 2 is 2.15 bits per heavy atom. The molecule has 0 saturated heterocycles. The molecule has 3 nitrogen and oxygen atoms in total. The Balaban J connectivity index is 1.90. The molecule has 1 N–H and O–H groups in total. The zero-order valence-electron chi connectivity index (χ0n) is 11.4. The number of methoxy groups -OCH3 is 1. The molecule has 0 spiro atoms. The van der Waals surface area contributed by atoms with Crippen LogP contribution in [0.3, 0.4) is 0 Å². The molecule has 108 valence electrons. The molecule has 0 amide bonds. The highest BCUT2D eigenvalue weighted by atomic mass is 35.5. The van der Waals surface area contributed by atoms with Crippen LogP contribution in [0.1, 0.15) is 11.1 Å². The van der Waals surface area contributed by atoms with Crippen molar-refractivity contribution in [3.05, 3.63) is 58.6 Å². The molecule has 0 radical (unpaired) electrons. The molecular weight excluding hydrogens is 279 g/mol. The van der Waals surface area contributed by atoms with Crippen LogP contribution >= 0.6 is 11.6 Å². The van der Waals surface area contributed by atoms with Gasteiger partial charge in [0.25, 0.3) is 0 Å². The number of rotatable bonds is 7. The van der Waals surface area contributed by atoms with Crippen LogP contribution in [0.15, 0.2) is 36.7 Å². The Kier molecular flexibility index (Phi) is 5.59. The summed E-state index contributed by atoms with van der Waals surface area (Å²) in [6.07, 6.45) is 4.03. The number of aromatic nitrogens is 1. The lowest BCUT2D eigenvalue weighted by Gasteiger charge is -2.05. The van der Waals surface area contributed by atoms with Gasteiger partial charge in [-0.3, -0.25) is 0 Å².